The summed E-state index contributed by atoms with van der Waals surface area (Å²) in [6.45, 7) is 2.93. The highest BCUT2D eigenvalue weighted by Gasteiger charge is 2.25. The van der Waals surface area contributed by atoms with Gasteiger partial charge in [-0.15, -0.1) is 0 Å². The molecule has 0 N–H and O–H groups in total. The van der Waals surface area contributed by atoms with Crippen molar-refractivity contribution in [2.45, 2.75) is 25.8 Å². The Balaban J connectivity index is 1.50. The van der Waals surface area contributed by atoms with Crippen LogP contribution in [0, 0.1) is 0 Å². The molecular formula is C16H22ClN7O2. The van der Waals surface area contributed by atoms with Crippen LogP contribution >= 0.6 is 11.6 Å². The zero-order valence-electron chi connectivity index (χ0n) is 14.7. The highest BCUT2D eigenvalue weighted by atomic mass is 35.5. The van der Waals surface area contributed by atoms with Crippen LogP contribution in [0.4, 0.5) is 0 Å². The maximum atomic E-state index is 12.6. The minimum absolute atomic E-state index is 0.107. The second-order valence-corrected chi connectivity index (χ2v) is 6.70. The topological polar surface area (TPSA) is 89.2 Å². The molecule has 10 heteroatoms. The predicted molar refractivity (Wildman–Crippen MR) is 94.6 cm³/mol. The summed E-state index contributed by atoms with van der Waals surface area (Å²) in [5.74, 6) is -0.0774. The average molecular weight is 380 g/mol. The SMILES string of the molecule is Cn1cc(Cl)c(C(=O)N2CCCN(C(=O)CCCn3cncn3)CC2)n1. The van der Waals surface area contributed by atoms with Crippen LogP contribution < -0.4 is 0 Å². The van der Waals surface area contributed by atoms with E-state index >= 15 is 0 Å². The molecule has 1 aliphatic rings. The highest BCUT2D eigenvalue weighted by Crippen LogP contribution is 2.17. The Morgan fingerprint density at radius 1 is 1.19 bits per heavy atom. The van der Waals surface area contributed by atoms with E-state index in [1.165, 1.54) is 11.0 Å². The summed E-state index contributed by atoms with van der Waals surface area (Å²) >= 11 is 6.07. The molecule has 0 saturated carbocycles. The third-order valence-electron chi connectivity index (χ3n) is 4.37. The van der Waals surface area contributed by atoms with E-state index in [1.807, 2.05) is 4.90 Å². The zero-order chi connectivity index (χ0) is 18.5. The summed E-state index contributed by atoms with van der Waals surface area (Å²) in [4.78, 5) is 32.5. The Labute approximate surface area is 156 Å². The van der Waals surface area contributed by atoms with Gasteiger partial charge in [0.05, 0.1) is 5.02 Å². The van der Waals surface area contributed by atoms with Crippen molar-refractivity contribution in [3.05, 3.63) is 29.6 Å². The second-order valence-electron chi connectivity index (χ2n) is 6.29. The molecule has 1 saturated heterocycles. The summed E-state index contributed by atoms with van der Waals surface area (Å²) in [6.07, 6.45) is 6.64. The first-order chi connectivity index (χ1) is 12.5. The predicted octanol–water partition coefficient (Wildman–Crippen LogP) is 0.820. The van der Waals surface area contributed by atoms with E-state index in [9.17, 15) is 9.59 Å². The van der Waals surface area contributed by atoms with E-state index < -0.39 is 0 Å². The van der Waals surface area contributed by atoms with E-state index in [4.69, 9.17) is 11.6 Å². The molecule has 0 bridgehead atoms. The standard InChI is InChI=1S/C16H22ClN7O2/c1-21-10-13(17)15(20-21)16(26)23-6-3-5-22(8-9-23)14(25)4-2-7-24-12-18-11-19-24/h10-12H,2-9H2,1H3. The molecule has 0 unspecified atom stereocenters. The van der Waals surface area contributed by atoms with Crippen LogP contribution in [0.2, 0.25) is 5.02 Å². The number of hydrogen-bond acceptors (Lipinski definition) is 5. The van der Waals surface area contributed by atoms with Crippen molar-refractivity contribution in [1.82, 2.24) is 34.3 Å². The van der Waals surface area contributed by atoms with Gasteiger partial charge in [0.15, 0.2) is 5.69 Å². The minimum atomic E-state index is -0.184. The lowest BCUT2D eigenvalue weighted by Gasteiger charge is -2.22. The van der Waals surface area contributed by atoms with Gasteiger partial charge in [0, 0.05) is 52.4 Å². The van der Waals surface area contributed by atoms with Crippen LogP contribution in [0.15, 0.2) is 18.9 Å². The van der Waals surface area contributed by atoms with Crippen LogP contribution in [0.5, 0.6) is 0 Å². The molecule has 2 amide bonds. The fourth-order valence-electron chi connectivity index (χ4n) is 3.02. The van der Waals surface area contributed by atoms with Gasteiger partial charge in [-0.1, -0.05) is 11.6 Å². The number of hydrogen-bond donors (Lipinski definition) is 0. The molecule has 2 aromatic rings. The lowest BCUT2D eigenvalue weighted by molar-refractivity contribution is -0.131. The van der Waals surface area contributed by atoms with E-state index in [-0.39, 0.29) is 17.5 Å². The van der Waals surface area contributed by atoms with Crippen molar-refractivity contribution < 1.29 is 9.59 Å². The molecule has 140 valence electrons. The molecule has 9 nitrogen and oxygen atoms in total. The molecular weight excluding hydrogens is 358 g/mol. The summed E-state index contributed by atoms with van der Waals surface area (Å²) < 4.78 is 3.24. The number of nitrogens with zero attached hydrogens (tertiary/aromatic N) is 7. The van der Waals surface area contributed by atoms with Crippen LogP contribution in [-0.4, -0.2) is 72.3 Å². The van der Waals surface area contributed by atoms with Crippen LogP contribution in [-0.2, 0) is 18.4 Å². The third-order valence-corrected chi connectivity index (χ3v) is 4.64. The Morgan fingerprint density at radius 3 is 2.65 bits per heavy atom. The summed E-state index contributed by atoms with van der Waals surface area (Å²) in [5, 5.41) is 8.51. The van der Waals surface area contributed by atoms with Gasteiger partial charge in [-0.2, -0.15) is 10.2 Å². The Hall–Kier alpha value is -2.42. The van der Waals surface area contributed by atoms with E-state index in [0.717, 1.165) is 6.42 Å². The Bertz CT molecular complexity index is 759. The number of rotatable bonds is 5. The van der Waals surface area contributed by atoms with Crippen LogP contribution in [0.25, 0.3) is 0 Å². The first kappa shape index (κ1) is 18.4. The summed E-state index contributed by atoms with van der Waals surface area (Å²) in [5.41, 5.74) is 0.266. The van der Waals surface area contributed by atoms with Crippen molar-refractivity contribution in [3.8, 4) is 0 Å². The van der Waals surface area contributed by atoms with Crippen molar-refractivity contribution in [2.24, 2.45) is 7.05 Å². The minimum Gasteiger partial charge on any atom is -0.341 e. The molecule has 3 heterocycles. The summed E-state index contributed by atoms with van der Waals surface area (Å²) in [6, 6.07) is 0. The lowest BCUT2D eigenvalue weighted by atomic mass is 10.2. The van der Waals surface area contributed by atoms with Crippen molar-refractivity contribution in [2.75, 3.05) is 26.2 Å². The van der Waals surface area contributed by atoms with Gasteiger partial charge in [0.1, 0.15) is 12.7 Å². The molecule has 0 radical (unpaired) electrons. The highest BCUT2D eigenvalue weighted by molar-refractivity contribution is 6.33. The fraction of sp³-hybridized carbons (Fsp3) is 0.562. The first-order valence-electron chi connectivity index (χ1n) is 8.63. The number of carbonyl (C=O) groups excluding carboxylic acids is 2. The Kier molecular flexibility index (Phi) is 5.87. The van der Waals surface area contributed by atoms with Crippen molar-refractivity contribution in [3.63, 3.8) is 0 Å². The maximum Gasteiger partial charge on any atom is 0.275 e. The van der Waals surface area contributed by atoms with Gasteiger partial charge in [-0.3, -0.25) is 19.0 Å². The van der Waals surface area contributed by atoms with Crippen LogP contribution in [0.3, 0.4) is 0 Å². The molecule has 1 aliphatic heterocycles. The normalized spacial score (nSPS) is 15.2. The number of carbonyl (C=O) groups is 2. The largest absolute Gasteiger partial charge is 0.341 e. The molecule has 26 heavy (non-hydrogen) atoms. The lowest BCUT2D eigenvalue weighted by Crippen LogP contribution is -2.37. The van der Waals surface area contributed by atoms with Crippen molar-refractivity contribution in [1.29, 1.82) is 0 Å². The van der Waals surface area contributed by atoms with Gasteiger partial charge in [-0.05, 0) is 12.8 Å². The molecule has 2 aromatic heterocycles. The number of aromatic nitrogens is 5. The Morgan fingerprint density at radius 2 is 1.96 bits per heavy atom. The first-order valence-corrected chi connectivity index (χ1v) is 9.01. The summed E-state index contributed by atoms with van der Waals surface area (Å²) in [7, 11) is 1.73. The molecule has 0 atom stereocenters. The molecule has 0 aromatic carbocycles. The average Bonchev–Trinajstić information content (AvgIpc) is 3.16. The number of aryl methyl sites for hydroxylation is 2. The monoisotopic (exact) mass is 379 g/mol. The fourth-order valence-corrected chi connectivity index (χ4v) is 3.28. The van der Waals surface area contributed by atoms with Crippen LogP contribution in [0.1, 0.15) is 29.8 Å². The number of halogens is 1. The van der Waals surface area contributed by atoms with E-state index in [0.29, 0.717) is 50.6 Å². The second kappa shape index (κ2) is 8.31. The molecule has 3 rings (SSSR count). The van der Waals surface area contributed by atoms with Gasteiger partial charge in [0.2, 0.25) is 5.91 Å². The van der Waals surface area contributed by atoms with Crippen molar-refractivity contribution >= 4 is 23.4 Å². The van der Waals surface area contributed by atoms with Gasteiger partial charge in [0.25, 0.3) is 5.91 Å². The quantitative estimate of drug-likeness (QED) is 0.767. The van der Waals surface area contributed by atoms with E-state index in [2.05, 4.69) is 15.2 Å². The number of amides is 2. The molecule has 0 spiro atoms. The maximum absolute atomic E-state index is 12.6. The smallest absolute Gasteiger partial charge is 0.275 e. The molecule has 0 aliphatic carbocycles. The molecule has 1 fully saturated rings. The van der Waals surface area contributed by atoms with Gasteiger partial charge in [-0.25, -0.2) is 4.98 Å². The zero-order valence-corrected chi connectivity index (χ0v) is 15.5. The third kappa shape index (κ3) is 4.40. The van der Waals surface area contributed by atoms with E-state index in [1.54, 1.807) is 29.2 Å². The van der Waals surface area contributed by atoms with Gasteiger partial charge >= 0.3 is 0 Å². The van der Waals surface area contributed by atoms with Gasteiger partial charge < -0.3 is 9.80 Å².